The van der Waals surface area contributed by atoms with Crippen LogP contribution in [-0.4, -0.2) is 42.8 Å². The molecule has 18 heavy (non-hydrogen) atoms. The number of aliphatic hydroxyl groups excluding tert-OH is 1. The number of aliphatic hydroxyl groups is 1. The Labute approximate surface area is 118 Å². The van der Waals surface area contributed by atoms with E-state index in [4.69, 9.17) is 0 Å². The molecular weight excluding hydrogens is 264 g/mol. The molecule has 1 fully saturated rings. The second-order valence-corrected chi connectivity index (χ2v) is 7.19. The van der Waals surface area contributed by atoms with E-state index >= 15 is 0 Å². The molecule has 1 saturated heterocycles. The molecule has 5 heteroatoms. The van der Waals surface area contributed by atoms with Gasteiger partial charge in [0.15, 0.2) is 0 Å². The molecule has 0 amide bonds. The van der Waals surface area contributed by atoms with Crippen molar-refractivity contribution in [2.45, 2.75) is 49.8 Å². The average molecular weight is 286 g/mol. The van der Waals surface area contributed by atoms with E-state index in [1.807, 2.05) is 35.9 Å². The number of nitrogens with zero attached hydrogens (tertiary/aromatic N) is 2. The van der Waals surface area contributed by atoms with Gasteiger partial charge >= 0.3 is 0 Å². The first kappa shape index (κ1) is 14.3. The highest BCUT2D eigenvalue weighted by molar-refractivity contribution is 8.07. The van der Waals surface area contributed by atoms with Gasteiger partial charge in [-0.2, -0.15) is 23.5 Å². The predicted molar refractivity (Wildman–Crippen MR) is 80.4 cm³/mol. The second-order valence-electron chi connectivity index (χ2n) is 4.55. The van der Waals surface area contributed by atoms with E-state index in [-0.39, 0.29) is 6.10 Å². The molecule has 1 aromatic heterocycles. The first-order valence-electron chi connectivity index (χ1n) is 6.67. The summed E-state index contributed by atoms with van der Waals surface area (Å²) in [6.07, 6.45) is 5.35. The van der Waals surface area contributed by atoms with Crippen molar-refractivity contribution in [3.05, 3.63) is 18.2 Å². The molecule has 102 valence electrons. The number of aryl methyl sites for hydroxylation is 1. The van der Waals surface area contributed by atoms with Crippen molar-refractivity contribution in [2.24, 2.45) is 0 Å². The van der Waals surface area contributed by atoms with Gasteiger partial charge in [0, 0.05) is 47.4 Å². The molecule has 0 radical (unpaired) electrons. The Balaban J connectivity index is 1.99. The summed E-state index contributed by atoms with van der Waals surface area (Å²) in [6, 6.07) is 0. The van der Waals surface area contributed by atoms with Crippen LogP contribution >= 0.6 is 23.5 Å². The van der Waals surface area contributed by atoms with Gasteiger partial charge in [0.05, 0.1) is 6.10 Å². The summed E-state index contributed by atoms with van der Waals surface area (Å²) in [5.74, 6) is 3.39. The summed E-state index contributed by atoms with van der Waals surface area (Å²) in [7, 11) is 0. The second kappa shape index (κ2) is 6.87. The van der Waals surface area contributed by atoms with Gasteiger partial charge in [0.25, 0.3) is 0 Å². The first-order chi connectivity index (χ1) is 8.76. The van der Waals surface area contributed by atoms with Crippen molar-refractivity contribution in [3.63, 3.8) is 0 Å². The van der Waals surface area contributed by atoms with Crippen molar-refractivity contribution in [2.75, 3.05) is 11.5 Å². The van der Waals surface area contributed by atoms with E-state index < -0.39 is 0 Å². The summed E-state index contributed by atoms with van der Waals surface area (Å²) >= 11 is 3.95. The smallest absolute Gasteiger partial charge is 0.111 e. The van der Waals surface area contributed by atoms with Crippen molar-refractivity contribution in [3.8, 4) is 0 Å². The van der Waals surface area contributed by atoms with Gasteiger partial charge in [-0.25, -0.2) is 4.98 Å². The molecule has 2 rings (SSSR count). The molecule has 0 bridgehead atoms. The van der Waals surface area contributed by atoms with E-state index in [1.165, 1.54) is 5.75 Å². The van der Waals surface area contributed by atoms with E-state index in [1.54, 1.807) is 0 Å². The zero-order valence-corrected chi connectivity index (χ0v) is 12.7. The fourth-order valence-electron chi connectivity index (χ4n) is 2.42. The van der Waals surface area contributed by atoms with Crippen molar-refractivity contribution in [1.29, 1.82) is 0 Å². The fourth-order valence-corrected chi connectivity index (χ4v) is 5.56. The molecule has 0 saturated carbocycles. The van der Waals surface area contributed by atoms with Gasteiger partial charge in [-0.05, 0) is 13.3 Å². The average Bonchev–Trinajstić information content (AvgIpc) is 2.85. The Kier molecular flexibility index (Phi) is 5.45. The Bertz CT molecular complexity index is 370. The number of imidazole rings is 1. The quantitative estimate of drug-likeness (QED) is 0.902. The highest BCUT2D eigenvalue weighted by Crippen LogP contribution is 2.35. The fraction of sp³-hybridized carbons (Fsp3) is 0.769. The largest absolute Gasteiger partial charge is 0.391 e. The molecule has 3 nitrogen and oxygen atoms in total. The maximum absolute atomic E-state index is 10.5. The lowest BCUT2D eigenvalue weighted by Crippen LogP contribution is -2.37. The molecule has 0 spiro atoms. The van der Waals surface area contributed by atoms with Gasteiger partial charge in [0.1, 0.15) is 5.82 Å². The van der Waals surface area contributed by atoms with Gasteiger partial charge in [-0.3, -0.25) is 0 Å². The molecule has 2 heterocycles. The Morgan fingerprint density at radius 3 is 2.94 bits per heavy atom. The van der Waals surface area contributed by atoms with Crippen LogP contribution in [-0.2, 0) is 13.0 Å². The van der Waals surface area contributed by atoms with Crippen LogP contribution in [0.2, 0.25) is 0 Å². The molecule has 0 aliphatic carbocycles. The number of hydrogen-bond acceptors (Lipinski definition) is 4. The van der Waals surface area contributed by atoms with Crippen molar-refractivity contribution < 1.29 is 5.11 Å². The lowest BCUT2D eigenvalue weighted by Gasteiger charge is -2.33. The van der Waals surface area contributed by atoms with Crippen molar-refractivity contribution >= 4 is 23.5 Å². The maximum atomic E-state index is 10.5. The lowest BCUT2D eigenvalue weighted by atomic mass is 10.1. The minimum absolute atomic E-state index is 0.277. The van der Waals surface area contributed by atoms with Gasteiger partial charge in [0.2, 0.25) is 0 Å². The lowest BCUT2D eigenvalue weighted by molar-refractivity contribution is 0.166. The van der Waals surface area contributed by atoms with Crippen LogP contribution in [0.5, 0.6) is 0 Å². The number of rotatable bonds is 5. The molecule has 1 aliphatic rings. The first-order valence-corrected chi connectivity index (χ1v) is 8.77. The van der Waals surface area contributed by atoms with Crippen LogP contribution in [0, 0.1) is 0 Å². The third-order valence-electron chi connectivity index (χ3n) is 3.41. The number of hydrogen-bond donors (Lipinski definition) is 1. The van der Waals surface area contributed by atoms with E-state index in [0.717, 1.165) is 24.5 Å². The van der Waals surface area contributed by atoms with E-state index in [2.05, 4.69) is 23.4 Å². The standard InChI is InChI=1S/C13H22N2OS2/c1-3-11-13(18-8-7-17-11)10(16)9-12-14-5-6-15(12)4-2/h5-6,10-11,13,16H,3-4,7-9H2,1-2H3. The van der Waals surface area contributed by atoms with Crippen LogP contribution in [0.4, 0.5) is 0 Å². The number of thioether (sulfide) groups is 2. The minimum Gasteiger partial charge on any atom is -0.391 e. The molecule has 3 atom stereocenters. The monoisotopic (exact) mass is 286 g/mol. The summed E-state index contributed by atoms with van der Waals surface area (Å²) in [5, 5.41) is 11.4. The van der Waals surface area contributed by atoms with Crippen LogP contribution in [0.15, 0.2) is 12.4 Å². The number of aromatic nitrogens is 2. The zero-order chi connectivity index (χ0) is 13.0. The summed E-state index contributed by atoms with van der Waals surface area (Å²) < 4.78 is 2.12. The molecule has 1 N–H and O–H groups in total. The molecule has 1 aromatic rings. The van der Waals surface area contributed by atoms with E-state index in [0.29, 0.717) is 16.9 Å². The van der Waals surface area contributed by atoms with Crippen LogP contribution in [0.1, 0.15) is 26.1 Å². The third kappa shape index (κ3) is 3.25. The van der Waals surface area contributed by atoms with E-state index in [9.17, 15) is 5.11 Å². The molecule has 3 unspecified atom stereocenters. The molecule has 1 aliphatic heterocycles. The highest BCUT2D eigenvalue weighted by Gasteiger charge is 2.31. The van der Waals surface area contributed by atoms with Crippen LogP contribution < -0.4 is 0 Å². The minimum atomic E-state index is -0.277. The Morgan fingerprint density at radius 2 is 2.22 bits per heavy atom. The zero-order valence-electron chi connectivity index (χ0n) is 11.1. The Morgan fingerprint density at radius 1 is 1.44 bits per heavy atom. The topological polar surface area (TPSA) is 38.1 Å². The maximum Gasteiger partial charge on any atom is 0.111 e. The molecule has 0 aromatic carbocycles. The molecular formula is C13H22N2OS2. The SMILES string of the molecule is CCC1SCCSC1C(O)Cc1nccn1CC. The van der Waals surface area contributed by atoms with Crippen LogP contribution in [0.25, 0.3) is 0 Å². The summed E-state index contributed by atoms with van der Waals surface area (Å²) in [6.45, 7) is 5.25. The summed E-state index contributed by atoms with van der Waals surface area (Å²) in [4.78, 5) is 4.36. The predicted octanol–water partition coefficient (Wildman–Crippen LogP) is 2.43. The normalized spacial score (nSPS) is 26.2. The highest BCUT2D eigenvalue weighted by atomic mass is 32.2. The third-order valence-corrected chi connectivity index (χ3v) is 6.80. The van der Waals surface area contributed by atoms with Crippen molar-refractivity contribution in [1.82, 2.24) is 9.55 Å². The Hall–Kier alpha value is -0.130. The van der Waals surface area contributed by atoms with Crippen LogP contribution in [0.3, 0.4) is 0 Å². The van der Waals surface area contributed by atoms with Gasteiger partial charge in [-0.15, -0.1) is 0 Å². The van der Waals surface area contributed by atoms with Gasteiger partial charge in [-0.1, -0.05) is 6.92 Å². The van der Waals surface area contributed by atoms with Gasteiger partial charge < -0.3 is 9.67 Å². The summed E-state index contributed by atoms with van der Waals surface area (Å²) in [5.41, 5.74) is 0.